The fourth-order valence-corrected chi connectivity index (χ4v) is 3.58. The summed E-state index contributed by atoms with van der Waals surface area (Å²) in [5, 5.41) is 2.53. The molecule has 1 amide bonds. The van der Waals surface area contributed by atoms with Crippen molar-refractivity contribution in [2.75, 3.05) is 12.4 Å². The topological polar surface area (TPSA) is 72.5 Å². The fourth-order valence-electron chi connectivity index (χ4n) is 2.26. The number of carbonyl (C=O) groups is 1. The van der Waals surface area contributed by atoms with E-state index < -0.39 is 21.5 Å². The first-order chi connectivity index (χ1) is 11.9. The second-order valence-electron chi connectivity index (χ2n) is 5.48. The zero-order chi connectivity index (χ0) is 18.3. The lowest BCUT2D eigenvalue weighted by Gasteiger charge is -2.11. The maximum atomic E-state index is 12.8. The summed E-state index contributed by atoms with van der Waals surface area (Å²) >= 11 is 0. The number of nitrogens with one attached hydrogen (secondary N) is 1. The van der Waals surface area contributed by atoms with Gasteiger partial charge >= 0.3 is 0 Å². The molecule has 0 saturated heterocycles. The Morgan fingerprint density at radius 3 is 2.48 bits per heavy atom. The maximum absolute atomic E-state index is 12.8. The Bertz CT molecular complexity index is 819. The number of ether oxygens (including phenoxy) is 1. The predicted molar refractivity (Wildman–Crippen MR) is 93.3 cm³/mol. The van der Waals surface area contributed by atoms with Crippen molar-refractivity contribution in [2.45, 2.75) is 19.2 Å². The number of benzene rings is 2. The van der Waals surface area contributed by atoms with E-state index in [1.54, 1.807) is 24.3 Å². The molecule has 0 spiro atoms. The Morgan fingerprint density at radius 1 is 1.12 bits per heavy atom. The van der Waals surface area contributed by atoms with E-state index in [2.05, 4.69) is 5.32 Å². The van der Waals surface area contributed by atoms with Gasteiger partial charge in [0.05, 0.1) is 12.4 Å². The molecule has 0 aromatic heterocycles. The number of hydrogen-bond acceptors (Lipinski definition) is 4. The molecule has 7 heteroatoms. The van der Waals surface area contributed by atoms with Gasteiger partial charge in [0.1, 0.15) is 17.3 Å². The second kappa shape index (κ2) is 8.62. The molecule has 0 saturated carbocycles. The zero-order valence-corrected chi connectivity index (χ0v) is 14.7. The first-order valence-corrected chi connectivity index (χ1v) is 9.64. The van der Waals surface area contributed by atoms with Crippen LogP contribution in [-0.2, 0) is 26.9 Å². The Morgan fingerprint density at radius 2 is 1.80 bits per heavy atom. The van der Waals surface area contributed by atoms with Gasteiger partial charge in [0.2, 0.25) is 5.91 Å². The van der Waals surface area contributed by atoms with Crippen LogP contribution in [0, 0.1) is 5.82 Å². The highest BCUT2D eigenvalue weighted by Crippen LogP contribution is 2.20. The van der Waals surface area contributed by atoms with Crippen LogP contribution < -0.4 is 10.1 Å². The third-order valence-electron chi connectivity index (χ3n) is 3.40. The van der Waals surface area contributed by atoms with Crippen molar-refractivity contribution in [3.8, 4) is 5.75 Å². The van der Waals surface area contributed by atoms with E-state index >= 15 is 0 Å². The van der Waals surface area contributed by atoms with Crippen molar-refractivity contribution < 1.29 is 22.3 Å². The molecule has 1 N–H and O–H groups in total. The van der Waals surface area contributed by atoms with Gasteiger partial charge in [0.25, 0.3) is 0 Å². The molecule has 0 aliphatic heterocycles. The fraction of sp³-hybridized carbons (Fsp3) is 0.278. The molecule has 2 aromatic carbocycles. The van der Waals surface area contributed by atoms with E-state index in [4.69, 9.17) is 4.74 Å². The average molecular weight is 365 g/mol. The molecule has 2 rings (SSSR count). The first kappa shape index (κ1) is 18.9. The van der Waals surface area contributed by atoms with Gasteiger partial charge in [0.15, 0.2) is 9.84 Å². The van der Waals surface area contributed by atoms with Crippen LogP contribution in [0.2, 0.25) is 0 Å². The molecule has 0 heterocycles. The number of carbonyl (C=O) groups excluding carboxylic acids is 1. The minimum Gasteiger partial charge on any atom is -0.494 e. The third-order valence-corrected chi connectivity index (χ3v) is 4.85. The predicted octanol–water partition coefficient (Wildman–Crippen LogP) is 2.46. The minimum atomic E-state index is -3.64. The number of halogens is 1. The standard InChI is InChI=1S/C18H20FNO4S/c1-2-24-17-6-4-3-5-15(17)12-25(22,23)13-18(21)20-11-14-7-9-16(19)10-8-14/h3-10H,2,11-13H2,1H3,(H,20,21). The summed E-state index contributed by atoms with van der Waals surface area (Å²) in [7, 11) is -3.64. The summed E-state index contributed by atoms with van der Waals surface area (Å²) in [5.74, 6) is -1.36. The molecular formula is C18H20FNO4S. The first-order valence-electron chi connectivity index (χ1n) is 7.82. The minimum absolute atomic E-state index is 0.143. The van der Waals surface area contributed by atoms with Crippen LogP contribution >= 0.6 is 0 Å². The van der Waals surface area contributed by atoms with Crippen LogP contribution in [0.1, 0.15) is 18.1 Å². The van der Waals surface area contributed by atoms with E-state index in [9.17, 15) is 17.6 Å². The van der Waals surface area contributed by atoms with Crippen LogP contribution in [0.25, 0.3) is 0 Å². The summed E-state index contributed by atoms with van der Waals surface area (Å²) in [5.41, 5.74) is 1.21. The lowest BCUT2D eigenvalue weighted by atomic mass is 10.2. The molecule has 0 aliphatic carbocycles. The van der Waals surface area contributed by atoms with Gasteiger partial charge in [-0.3, -0.25) is 4.79 Å². The quantitative estimate of drug-likeness (QED) is 0.780. The number of sulfone groups is 1. The van der Waals surface area contributed by atoms with Gasteiger partial charge in [-0.05, 0) is 30.7 Å². The van der Waals surface area contributed by atoms with E-state index in [0.717, 1.165) is 0 Å². The van der Waals surface area contributed by atoms with Crippen molar-refractivity contribution in [3.63, 3.8) is 0 Å². The molecule has 0 fully saturated rings. The lowest BCUT2D eigenvalue weighted by molar-refractivity contribution is -0.118. The smallest absolute Gasteiger partial charge is 0.235 e. The van der Waals surface area contributed by atoms with Crippen molar-refractivity contribution >= 4 is 15.7 Å². The van der Waals surface area contributed by atoms with Crippen molar-refractivity contribution in [2.24, 2.45) is 0 Å². The molecule has 2 aromatic rings. The Hall–Kier alpha value is -2.41. The summed E-state index contributed by atoms with van der Waals surface area (Å²) in [4.78, 5) is 11.9. The molecule has 0 unspecified atom stereocenters. The van der Waals surface area contributed by atoms with Crippen molar-refractivity contribution in [1.82, 2.24) is 5.32 Å². The number of para-hydroxylation sites is 1. The molecule has 0 aliphatic rings. The summed E-state index contributed by atoms with van der Waals surface area (Å²) < 4.78 is 42.7. The van der Waals surface area contributed by atoms with Gasteiger partial charge in [-0.15, -0.1) is 0 Å². The van der Waals surface area contributed by atoms with E-state index in [0.29, 0.717) is 23.5 Å². The lowest BCUT2D eigenvalue weighted by Crippen LogP contribution is -2.30. The molecule has 0 bridgehead atoms. The third kappa shape index (κ3) is 6.19. The van der Waals surface area contributed by atoms with Crippen LogP contribution in [0.15, 0.2) is 48.5 Å². The largest absolute Gasteiger partial charge is 0.494 e. The SMILES string of the molecule is CCOc1ccccc1CS(=O)(=O)CC(=O)NCc1ccc(F)cc1. The van der Waals surface area contributed by atoms with Crippen LogP contribution in [0.4, 0.5) is 4.39 Å². The Balaban J connectivity index is 1.94. The highest BCUT2D eigenvalue weighted by atomic mass is 32.2. The second-order valence-corrected chi connectivity index (χ2v) is 7.54. The highest BCUT2D eigenvalue weighted by Gasteiger charge is 2.19. The van der Waals surface area contributed by atoms with E-state index in [-0.39, 0.29) is 18.1 Å². The van der Waals surface area contributed by atoms with Gasteiger partial charge in [-0.25, -0.2) is 12.8 Å². The molecule has 0 atom stereocenters. The van der Waals surface area contributed by atoms with Crippen LogP contribution in [0.3, 0.4) is 0 Å². The Labute approximate surface area is 146 Å². The molecule has 0 radical (unpaired) electrons. The monoisotopic (exact) mass is 365 g/mol. The molecule has 134 valence electrons. The van der Waals surface area contributed by atoms with Crippen LogP contribution in [-0.4, -0.2) is 26.7 Å². The van der Waals surface area contributed by atoms with Crippen molar-refractivity contribution in [3.05, 3.63) is 65.5 Å². The average Bonchev–Trinajstić information content (AvgIpc) is 2.56. The van der Waals surface area contributed by atoms with Gasteiger partial charge in [-0.1, -0.05) is 30.3 Å². The normalized spacial score (nSPS) is 11.1. The highest BCUT2D eigenvalue weighted by molar-refractivity contribution is 7.91. The molecule has 25 heavy (non-hydrogen) atoms. The summed E-state index contributed by atoms with van der Waals surface area (Å²) in [6.07, 6.45) is 0. The Kier molecular flexibility index (Phi) is 6.52. The van der Waals surface area contributed by atoms with E-state index in [1.165, 1.54) is 24.3 Å². The van der Waals surface area contributed by atoms with Crippen molar-refractivity contribution in [1.29, 1.82) is 0 Å². The van der Waals surface area contributed by atoms with Gasteiger partial charge in [-0.2, -0.15) is 0 Å². The number of hydrogen-bond donors (Lipinski definition) is 1. The number of rotatable bonds is 8. The number of amides is 1. The molecule has 5 nitrogen and oxygen atoms in total. The van der Waals surface area contributed by atoms with E-state index in [1.807, 2.05) is 6.92 Å². The maximum Gasteiger partial charge on any atom is 0.235 e. The summed E-state index contributed by atoms with van der Waals surface area (Å²) in [6.45, 7) is 2.38. The zero-order valence-electron chi connectivity index (χ0n) is 13.9. The molecular weight excluding hydrogens is 345 g/mol. The van der Waals surface area contributed by atoms with Gasteiger partial charge in [0, 0.05) is 12.1 Å². The summed E-state index contributed by atoms with van der Waals surface area (Å²) in [6, 6.07) is 12.5. The van der Waals surface area contributed by atoms with Crippen LogP contribution in [0.5, 0.6) is 5.75 Å². The van der Waals surface area contributed by atoms with Gasteiger partial charge < -0.3 is 10.1 Å².